The average Bonchev–Trinajstić information content (AvgIpc) is 2.23. The van der Waals surface area contributed by atoms with Gasteiger partial charge in [-0.1, -0.05) is 15.9 Å². The van der Waals surface area contributed by atoms with Crippen molar-refractivity contribution in [2.75, 3.05) is 26.7 Å². The van der Waals surface area contributed by atoms with Gasteiger partial charge in [0.15, 0.2) is 0 Å². The van der Waals surface area contributed by atoms with E-state index >= 15 is 0 Å². The second-order valence-electron chi connectivity index (χ2n) is 3.45. The van der Waals surface area contributed by atoms with Gasteiger partial charge in [-0.05, 0) is 6.92 Å². The number of halogens is 1. The van der Waals surface area contributed by atoms with Gasteiger partial charge < -0.3 is 10.1 Å². The van der Waals surface area contributed by atoms with Crippen molar-refractivity contribution in [2.45, 2.75) is 17.8 Å². The number of rotatable bonds is 3. The zero-order valence-electron chi connectivity index (χ0n) is 8.83. The molecule has 0 aromatic heterocycles. The predicted octanol–water partition coefficient (Wildman–Crippen LogP) is -0.257. The molecule has 0 saturated carbocycles. The highest BCUT2D eigenvalue weighted by Crippen LogP contribution is 2.10. The largest absolute Gasteiger partial charge is 0.468 e. The third kappa shape index (κ3) is 3.17. The number of hydrogen-bond acceptors (Lipinski definition) is 4. The Morgan fingerprint density at radius 1 is 1.80 bits per heavy atom. The minimum Gasteiger partial charge on any atom is -0.468 e. The van der Waals surface area contributed by atoms with Crippen LogP contribution in [0.5, 0.6) is 0 Å². The number of carbonyl (C=O) groups is 2. The normalized spacial score (nSPS) is 24.5. The first kappa shape index (κ1) is 12.4. The molecule has 1 aliphatic heterocycles. The molecule has 0 spiro atoms. The molecule has 0 aromatic rings. The van der Waals surface area contributed by atoms with Crippen molar-refractivity contribution in [2.24, 2.45) is 0 Å². The smallest absolute Gasteiger partial charge is 0.320 e. The van der Waals surface area contributed by atoms with Crippen molar-refractivity contribution >= 4 is 27.8 Å². The van der Waals surface area contributed by atoms with Gasteiger partial charge >= 0.3 is 5.97 Å². The summed E-state index contributed by atoms with van der Waals surface area (Å²) in [6.07, 6.45) is 0. The molecule has 0 radical (unpaired) electrons. The minimum atomic E-state index is -0.379. The summed E-state index contributed by atoms with van der Waals surface area (Å²) in [6.45, 7) is 3.70. The van der Waals surface area contributed by atoms with Crippen molar-refractivity contribution in [1.82, 2.24) is 10.2 Å². The van der Waals surface area contributed by atoms with Crippen LogP contribution >= 0.6 is 15.9 Å². The molecule has 1 heterocycles. The first-order valence-electron chi connectivity index (χ1n) is 4.80. The Labute approximate surface area is 97.3 Å². The molecule has 6 heteroatoms. The lowest BCUT2D eigenvalue weighted by molar-refractivity contribution is -0.141. The topological polar surface area (TPSA) is 58.6 Å². The zero-order chi connectivity index (χ0) is 11.4. The number of alkyl halides is 1. The Kier molecular flexibility index (Phi) is 4.53. The van der Waals surface area contributed by atoms with E-state index in [0.717, 1.165) is 6.54 Å². The standard InChI is InChI=1S/C9H15BrN2O3/c1-6-8(13)11-3-4-12(6)5-7(10)9(14)15-2/h6-7H,3-5H2,1-2H3,(H,11,13). The van der Waals surface area contributed by atoms with Crippen LogP contribution in [0.4, 0.5) is 0 Å². The van der Waals surface area contributed by atoms with Crippen LogP contribution in [0, 0.1) is 0 Å². The fourth-order valence-corrected chi connectivity index (χ4v) is 2.05. The van der Waals surface area contributed by atoms with Crippen LogP contribution in [0.25, 0.3) is 0 Å². The number of carbonyl (C=O) groups excluding carboxylic acids is 2. The highest BCUT2D eigenvalue weighted by molar-refractivity contribution is 9.10. The van der Waals surface area contributed by atoms with Gasteiger partial charge in [-0.3, -0.25) is 14.5 Å². The Bertz CT molecular complexity index is 260. The molecule has 86 valence electrons. The van der Waals surface area contributed by atoms with Crippen LogP contribution in [-0.4, -0.2) is 54.4 Å². The summed E-state index contributed by atoms with van der Waals surface area (Å²) in [4.78, 5) is 24.1. The van der Waals surface area contributed by atoms with E-state index in [9.17, 15) is 9.59 Å². The number of ether oxygens (including phenoxy) is 1. The SMILES string of the molecule is COC(=O)C(Br)CN1CCNC(=O)C1C. The summed E-state index contributed by atoms with van der Waals surface area (Å²) in [7, 11) is 1.35. The number of nitrogens with one attached hydrogen (secondary N) is 1. The second-order valence-corrected chi connectivity index (χ2v) is 4.56. The molecule has 2 atom stereocenters. The minimum absolute atomic E-state index is 0.00539. The Hall–Kier alpha value is -0.620. The lowest BCUT2D eigenvalue weighted by Gasteiger charge is -2.33. The number of nitrogens with zero attached hydrogens (tertiary/aromatic N) is 1. The molecule has 1 saturated heterocycles. The van der Waals surface area contributed by atoms with Crippen molar-refractivity contribution < 1.29 is 14.3 Å². The quantitative estimate of drug-likeness (QED) is 0.571. The first-order chi connectivity index (χ1) is 7.06. The van der Waals surface area contributed by atoms with E-state index in [-0.39, 0.29) is 22.7 Å². The molecule has 0 aliphatic carbocycles. The molecule has 0 bridgehead atoms. The van der Waals surface area contributed by atoms with Gasteiger partial charge in [-0.15, -0.1) is 0 Å². The maximum atomic E-state index is 11.3. The van der Waals surface area contributed by atoms with Gasteiger partial charge in [-0.25, -0.2) is 0 Å². The van der Waals surface area contributed by atoms with Crippen molar-refractivity contribution in [1.29, 1.82) is 0 Å². The molecule has 1 amide bonds. The summed E-state index contributed by atoms with van der Waals surface area (Å²) >= 11 is 3.24. The van der Waals surface area contributed by atoms with E-state index in [1.165, 1.54) is 7.11 Å². The fourth-order valence-electron chi connectivity index (χ4n) is 1.49. The third-order valence-electron chi connectivity index (χ3n) is 2.48. The molecule has 15 heavy (non-hydrogen) atoms. The van der Waals surface area contributed by atoms with Gasteiger partial charge in [-0.2, -0.15) is 0 Å². The summed E-state index contributed by atoms with van der Waals surface area (Å²) in [5.41, 5.74) is 0. The number of methoxy groups -OCH3 is 1. The molecule has 1 rings (SSSR count). The van der Waals surface area contributed by atoms with Gasteiger partial charge in [0, 0.05) is 19.6 Å². The van der Waals surface area contributed by atoms with E-state index in [2.05, 4.69) is 26.0 Å². The van der Waals surface area contributed by atoms with Crippen LogP contribution < -0.4 is 5.32 Å². The van der Waals surface area contributed by atoms with Crippen molar-refractivity contribution in [3.05, 3.63) is 0 Å². The maximum Gasteiger partial charge on any atom is 0.320 e. The fraction of sp³-hybridized carbons (Fsp3) is 0.778. The van der Waals surface area contributed by atoms with E-state index in [1.807, 2.05) is 11.8 Å². The number of piperazine rings is 1. The lowest BCUT2D eigenvalue weighted by Crippen LogP contribution is -2.55. The highest BCUT2D eigenvalue weighted by atomic mass is 79.9. The highest BCUT2D eigenvalue weighted by Gasteiger charge is 2.28. The van der Waals surface area contributed by atoms with Gasteiger partial charge in [0.25, 0.3) is 0 Å². The molecule has 1 N–H and O–H groups in total. The number of amides is 1. The molecule has 5 nitrogen and oxygen atoms in total. The van der Waals surface area contributed by atoms with E-state index in [1.54, 1.807) is 0 Å². The van der Waals surface area contributed by atoms with Crippen LogP contribution in [0.3, 0.4) is 0 Å². The Morgan fingerprint density at radius 2 is 2.47 bits per heavy atom. The molecule has 0 aromatic carbocycles. The van der Waals surface area contributed by atoms with Gasteiger partial charge in [0.2, 0.25) is 5.91 Å². The van der Waals surface area contributed by atoms with Crippen LogP contribution in [0.2, 0.25) is 0 Å². The van der Waals surface area contributed by atoms with E-state index < -0.39 is 0 Å². The van der Waals surface area contributed by atoms with Crippen LogP contribution in [-0.2, 0) is 14.3 Å². The predicted molar refractivity (Wildman–Crippen MR) is 58.8 cm³/mol. The van der Waals surface area contributed by atoms with E-state index in [0.29, 0.717) is 13.1 Å². The Morgan fingerprint density at radius 3 is 3.07 bits per heavy atom. The zero-order valence-corrected chi connectivity index (χ0v) is 10.4. The van der Waals surface area contributed by atoms with Crippen molar-refractivity contribution in [3.8, 4) is 0 Å². The molecule has 1 aliphatic rings. The Balaban J connectivity index is 2.49. The summed E-state index contributed by atoms with van der Waals surface area (Å²) < 4.78 is 4.60. The monoisotopic (exact) mass is 278 g/mol. The molecular formula is C9H15BrN2O3. The van der Waals surface area contributed by atoms with Gasteiger partial charge in [0.1, 0.15) is 4.83 Å². The second kappa shape index (κ2) is 5.46. The number of hydrogen-bond donors (Lipinski definition) is 1. The summed E-state index contributed by atoms with van der Waals surface area (Å²) in [6, 6.07) is -0.191. The number of esters is 1. The van der Waals surface area contributed by atoms with Gasteiger partial charge in [0.05, 0.1) is 13.2 Å². The average molecular weight is 279 g/mol. The molecular weight excluding hydrogens is 264 g/mol. The third-order valence-corrected chi connectivity index (χ3v) is 3.14. The molecule has 2 unspecified atom stereocenters. The summed E-state index contributed by atoms with van der Waals surface area (Å²) in [5, 5.41) is 2.77. The molecule has 1 fully saturated rings. The van der Waals surface area contributed by atoms with E-state index in [4.69, 9.17) is 0 Å². The first-order valence-corrected chi connectivity index (χ1v) is 5.71. The lowest BCUT2D eigenvalue weighted by atomic mass is 10.2. The van der Waals surface area contributed by atoms with Crippen molar-refractivity contribution in [3.63, 3.8) is 0 Å². The summed E-state index contributed by atoms with van der Waals surface area (Å²) in [5.74, 6) is -0.306. The van der Waals surface area contributed by atoms with Crippen LogP contribution in [0.1, 0.15) is 6.92 Å². The maximum absolute atomic E-state index is 11.3. The van der Waals surface area contributed by atoms with Crippen LogP contribution in [0.15, 0.2) is 0 Å².